The maximum atomic E-state index is 11.7. The Bertz CT molecular complexity index is 550. The lowest BCUT2D eigenvalue weighted by molar-refractivity contribution is 0.616. The van der Waals surface area contributed by atoms with E-state index >= 15 is 0 Å². The quantitative estimate of drug-likeness (QED) is 0.928. The second-order valence-electron chi connectivity index (χ2n) is 3.48. The fraction of sp³-hybridized carbons (Fsp3) is 0.273. The van der Waals surface area contributed by atoms with Gasteiger partial charge < -0.3 is 5.32 Å². The number of rotatable bonds is 4. The van der Waals surface area contributed by atoms with Crippen molar-refractivity contribution in [2.45, 2.75) is 20.0 Å². The van der Waals surface area contributed by atoms with E-state index in [1.165, 1.54) is 4.68 Å². The first-order valence-electron chi connectivity index (χ1n) is 5.23. The van der Waals surface area contributed by atoms with Gasteiger partial charge in [0.2, 0.25) is 0 Å². The molecule has 0 amide bonds. The van der Waals surface area contributed by atoms with Gasteiger partial charge >= 0.3 is 0 Å². The van der Waals surface area contributed by atoms with Crippen molar-refractivity contribution >= 4 is 28.6 Å². The molecule has 0 radical (unpaired) electrons. The summed E-state index contributed by atoms with van der Waals surface area (Å²) >= 11 is 7.62. The summed E-state index contributed by atoms with van der Waals surface area (Å²) in [6.45, 7) is 3.01. The molecule has 4 nitrogen and oxygen atoms in total. The van der Waals surface area contributed by atoms with E-state index in [0.717, 1.165) is 5.56 Å². The Hall–Kier alpha value is -1.33. The molecule has 0 spiro atoms. The van der Waals surface area contributed by atoms with Gasteiger partial charge in [-0.15, -0.1) is 0 Å². The summed E-state index contributed by atoms with van der Waals surface area (Å²) in [6.07, 6.45) is 1.58. The largest absolute Gasteiger partial charge is 0.378 e. The first kappa shape index (κ1) is 12.1. The molecule has 1 N–H and O–H groups in total. The van der Waals surface area contributed by atoms with Crippen molar-refractivity contribution < 1.29 is 0 Å². The molecule has 6 heteroatoms. The molecule has 0 saturated heterocycles. The minimum absolute atomic E-state index is 0.192. The second kappa shape index (κ2) is 5.33. The van der Waals surface area contributed by atoms with Gasteiger partial charge in [-0.2, -0.15) is 16.4 Å². The van der Waals surface area contributed by atoms with Gasteiger partial charge in [-0.1, -0.05) is 11.6 Å². The van der Waals surface area contributed by atoms with Crippen LogP contribution in [0.15, 0.2) is 27.8 Å². The Labute approximate surface area is 108 Å². The summed E-state index contributed by atoms with van der Waals surface area (Å²) in [6, 6.07) is 2.02. The average Bonchev–Trinajstić information content (AvgIpc) is 2.84. The Morgan fingerprint density at radius 1 is 1.59 bits per heavy atom. The van der Waals surface area contributed by atoms with E-state index in [0.29, 0.717) is 18.8 Å². The van der Waals surface area contributed by atoms with E-state index in [1.54, 1.807) is 17.5 Å². The normalized spacial score (nSPS) is 10.5. The van der Waals surface area contributed by atoms with E-state index in [4.69, 9.17) is 11.6 Å². The van der Waals surface area contributed by atoms with Crippen LogP contribution in [0.25, 0.3) is 0 Å². The van der Waals surface area contributed by atoms with Crippen LogP contribution in [0.2, 0.25) is 5.02 Å². The van der Waals surface area contributed by atoms with Crippen molar-refractivity contribution in [1.82, 2.24) is 9.78 Å². The molecule has 0 aliphatic heterocycles. The molecule has 0 unspecified atom stereocenters. The molecular formula is C11H12ClN3OS. The van der Waals surface area contributed by atoms with Crippen molar-refractivity contribution in [2.24, 2.45) is 0 Å². The predicted octanol–water partition coefficient (Wildman–Crippen LogP) is 2.59. The van der Waals surface area contributed by atoms with E-state index in [-0.39, 0.29) is 10.6 Å². The fourth-order valence-corrected chi connectivity index (χ4v) is 2.29. The standard InChI is InChI=1S/C11H12ClN3OS/c1-2-15-11(16)10(12)9(6-14-15)13-5-8-3-4-17-7-8/h3-4,6-7,13H,2,5H2,1H3. The average molecular weight is 270 g/mol. The van der Waals surface area contributed by atoms with Crippen LogP contribution in [-0.4, -0.2) is 9.78 Å². The summed E-state index contributed by atoms with van der Waals surface area (Å²) in [5, 5.41) is 11.4. The van der Waals surface area contributed by atoms with Crippen molar-refractivity contribution in [3.05, 3.63) is 44.0 Å². The molecule has 0 bridgehead atoms. The maximum Gasteiger partial charge on any atom is 0.287 e. The number of nitrogens with zero attached hydrogens (tertiary/aromatic N) is 2. The van der Waals surface area contributed by atoms with Gasteiger partial charge in [0.25, 0.3) is 5.56 Å². The minimum atomic E-state index is -0.260. The molecule has 0 aliphatic rings. The van der Waals surface area contributed by atoms with Crippen LogP contribution in [0, 0.1) is 0 Å². The van der Waals surface area contributed by atoms with E-state index in [9.17, 15) is 4.79 Å². The number of aromatic nitrogens is 2. The topological polar surface area (TPSA) is 46.9 Å². The molecule has 0 aliphatic carbocycles. The minimum Gasteiger partial charge on any atom is -0.378 e. The van der Waals surface area contributed by atoms with Crippen molar-refractivity contribution in [3.63, 3.8) is 0 Å². The van der Waals surface area contributed by atoms with Crippen LogP contribution in [0.4, 0.5) is 5.69 Å². The molecule has 2 aromatic heterocycles. The van der Waals surface area contributed by atoms with Crippen LogP contribution in [0.1, 0.15) is 12.5 Å². The summed E-state index contributed by atoms with van der Waals surface area (Å²) in [4.78, 5) is 11.7. The molecule has 0 saturated carbocycles. The van der Waals surface area contributed by atoms with Crippen LogP contribution < -0.4 is 10.9 Å². The number of anilines is 1. The summed E-state index contributed by atoms with van der Waals surface area (Å²) in [5.41, 5.74) is 1.47. The molecule has 90 valence electrons. The van der Waals surface area contributed by atoms with Gasteiger partial charge in [0.1, 0.15) is 5.02 Å². The van der Waals surface area contributed by atoms with Crippen LogP contribution >= 0.6 is 22.9 Å². The highest BCUT2D eigenvalue weighted by molar-refractivity contribution is 7.07. The SMILES string of the molecule is CCn1ncc(NCc2ccsc2)c(Cl)c1=O. The van der Waals surface area contributed by atoms with Crippen LogP contribution in [0.5, 0.6) is 0 Å². The first-order chi connectivity index (χ1) is 8.22. The fourth-order valence-electron chi connectivity index (χ4n) is 1.40. The van der Waals surface area contributed by atoms with E-state index in [1.807, 2.05) is 23.8 Å². The smallest absolute Gasteiger partial charge is 0.287 e. The molecular weight excluding hydrogens is 258 g/mol. The second-order valence-corrected chi connectivity index (χ2v) is 4.64. The lowest BCUT2D eigenvalue weighted by Crippen LogP contribution is -2.23. The molecule has 0 fully saturated rings. The highest BCUT2D eigenvalue weighted by Crippen LogP contribution is 2.17. The van der Waals surface area contributed by atoms with E-state index < -0.39 is 0 Å². The molecule has 17 heavy (non-hydrogen) atoms. The number of aryl methyl sites for hydroxylation is 1. The van der Waals surface area contributed by atoms with Crippen molar-refractivity contribution in [3.8, 4) is 0 Å². The zero-order valence-corrected chi connectivity index (χ0v) is 10.9. The van der Waals surface area contributed by atoms with Crippen LogP contribution in [0.3, 0.4) is 0 Å². The molecule has 2 heterocycles. The third kappa shape index (κ3) is 2.68. The highest BCUT2D eigenvalue weighted by atomic mass is 35.5. The van der Waals surface area contributed by atoms with Gasteiger partial charge in [0.05, 0.1) is 11.9 Å². The van der Waals surface area contributed by atoms with Gasteiger partial charge in [-0.05, 0) is 29.3 Å². The number of halogens is 1. The molecule has 2 aromatic rings. The number of thiophene rings is 1. The van der Waals surface area contributed by atoms with Gasteiger partial charge in [-0.3, -0.25) is 4.79 Å². The maximum absolute atomic E-state index is 11.7. The third-order valence-corrected chi connectivity index (χ3v) is 3.44. The Kier molecular flexibility index (Phi) is 3.81. The molecule has 0 atom stereocenters. The molecule has 2 rings (SSSR count). The van der Waals surface area contributed by atoms with Crippen LogP contribution in [-0.2, 0) is 13.1 Å². The third-order valence-electron chi connectivity index (χ3n) is 2.35. The first-order valence-corrected chi connectivity index (χ1v) is 6.55. The number of hydrogen-bond donors (Lipinski definition) is 1. The lowest BCUT2D eigenvalue weighted by Gasteiger charge is -2.08. The summed E-state index contributed by atoms with van der Waals surface area (Å²) in [5.74, 6) is 0. The zero-order chi connectivity index (χ0) is 12.3. The Balaban J connectivity index is 2.17. The zero-order valence-electron chi connectivity index (χ0n) is 9.31. The Morgan fingerprint density at radius 2 is 2.41 bits per heavy atom. The summed E-state index contributed by atoms with van der Waals surface area (Å²) < 4.78 is 1.33. The van der Waals surface area contributed by atoms with Crippen molar-refractivity contribution in [1.29, 1.82) is 0 Å². The van der Waals surface area contributed by atoms with E-state index in [2.05, 4.69) is 10.4 Å². The van der Waals surface area contributed by atoms with Gasteiger partial charge in [-0.25, -0.2) is 4.68 Å². The predicted molar refractivity (Wildman–Crippen MR) is 70.8 cm³/mol. The summed E-state index contributed by atoms with van der Waals surface area (Å²) in [7, 11) is 0. The highest BCUT2D eigenvalue weighted by Gasteiger charge is 2.07. The van der Waals surface area contributed by atoms with Gasteiger partial charge in [0.15, 0.2) is 0 Å². The molecule has 0 aromatic carbocycles. The van der Waals surface area contributed by atoms with Crippen molar-refractivity contribution in [2.75, 3.05) is 5.32 Å². The number of hydrogen-bond acceptors (Lipinski definition) is 4. The lowest BCUT2D eigenvalue weighted by atomic mass is 10.3. The number of nitrogens with one attached hydrogen (secondary N) is 1. The monoisotopic (exact) mass is 269 g/mol. The Morgan fingerprint density at radius 3 is 3.06 bits per heavy atom. The van der Waals surface area contributed by atoms with Gasteiger partial charge in [0, 0.05) is 13.1 Å².